The first-order valence-corrected chi connectivity index (χ1v) is 8.12. The van der Waals surface area contributed by atoms with Crippen LogP contribution in [0, 0.1) is 0 Å². The summed E-state index contributed by atoms with van der Waals surface area (Å²) in [6, 6.07) is 9.47. The van der Waals surface area contributed by atoms with Crippen LogP contribution in [0.25, 0.3) is 0 Å². The molecule has 24 heavy (non-hydrogen) atoms. The summed E-state index contributed by atoms with van der Waals surface area (Å²) in [4.78, 5) is 23.7. The van der Waals surface area contributed by atoms with Gasteiger partial charge in [-0.2, -0.15) is 0 Å². The molecule has 2 aromatic carbocycles. The number of anilines is 1. The zero-order valence-corrected chi connectivity index (χ0v) is 15.0. The summed E-state index contributed by atoms with van der Waals surface area (Å²) in [6.07, 6.45) is 0. The maximum absolute atomic E-state index is 11.9. The molecule has 0 unspecified atom stereocenters. The van der Waals surface area contributed by atoms with Gasteiger partial charge in [-0.3, -0.25) is 20.4 Å². The summed E-state index contributed by atoms with van der Waals surface area (Å²) in [6.45, 7) is -0.264. The predicted molar refractivity (Wildman–Crippen MR) is 97.0 cm³/mol. The van der Waals surface area contributed by atoms with Crippen LogP contribution in [-0.4, -0.2) is 18.4 Å². The van der Waals surface area contributed by atoms with Crippen LogP contribution in [0.3, 0.4) is 0 Å². The van der Waals surface area contributed by atoms with Crippen molar-refractivity contribution in [2.75, 3.05) is 12.0 Å². The van der Waals surface area contributed by atoms with Crippen molar-refractivity contribution in [1.82, 2.24) is 10.7 Å². The van der Waals surface area contributed by atoms with Gasteiger partial charge in [0.1, 0.15) is 0 Å². The van der Waals surface area contributed by atoms with E-state index in [0.29, 0.717) is 15.7 Å². The Hall–Kier alpha value is -1.66. The number of halogens is 4. The Bertz CT molecular complexity index is 760. The SMILES string of the molecule is O=C(CNC(=O)c1ccccc1Cl)NNc1c(Cl)cc(Cl)cc1Cl. The van der Waals surface area contributed by atoms with E-state index in [1.807, 2.05) is 0 Å². The molecule has 0 bridgehead atoms. The zero-order chi connectivity index (χ0) is 17.7. The van der Waals surface area contributed by atoms with E-state index in [0.717, 1.165) is 0 Å². The smallest absolute Gasteiger partial charge is 0.257 e. The van der Waals surface area contributed by atoms with Gasteiger partial charge in [0.25, 0.3) is 11.8 Å². The molecule has 0 atom stereocenters. The molecular formula is C15H11Cl4N3O2. The Morgan fingerprint density at radius 2 is 1.54 bits per heavy atom. The van der Waals surface area contributed by atoms with E-state index in [4.69, 9.17) is 46.4 Å². The lowest BCUT2D eigenvalue weighted by molar-refractivity contribution is -0.119. The summed E-state index contributed by atoms with van der Waals surface area (Å²) < 4.78 is 0. The van der Waals surface area contributed by atoms with Crippen LogP contribution >= 0.6 is 46.4 Å². The minimum Gasteiger partial charge on any atom is -0.343 e. The van der Waals surface area contributed by atoms with E-state index < -0.39 is 11.8 Å². The van der Waals surface area contributed by atoms with Gasteiger partial charge in [-0.15, -0.1) is 0 Å². The fraction of sp³-hybridized carbons (Fsp3) is 0.0667. The van der Waals surface area contributed by atoms with Gasteiger partial charge < -0.3 is 5.32 Å². The molecule has 0 aliphatic rings. The highest BCUT2D eigenvalue weighted by Crippen LogP contribution is 2.32. The van der Waals surface area contributed by atoms with Crippen molar-refractivity contribution < 1.29 is 9.59 Å². The summed E-state index contributed by atoms with van der Waals surface area (Å²) in [5, 5.41) is 3.61. The first kappa shape index (κ1) is 18.7. The Morgan fingerprint density at radius 3 is 2.17 bits per heavy atom. The highest BCUT2D eigenvalue weighted by atomic mass is 35.5. The number of rotatable bonds is 5. The Labute approximate surface area is 158 Å². The molecule has 0 heterocycles. The molecule has 2 amide bonds. The van der Waals surface area contributed by atoms with Crippen molar-refractivity contribution in [3.05, 3.63) is 62.1 Å². The zero-order valence-electron chi connectivity index (χ0n) is 12.0. The fourth-order valence-corrected chi connectivity index (χ4v) is 2.87. The van der Waals surface area contributed by atoms with Crippen molar-refractivity contribution in [2.45, 2.75) is 0 Å². The molecule has 0 aliphatic heterocycles. The number of hydrazine groups is 1. The minimum absolute atomic E-state index is 0.243. The van der Waals surface area contributed by atoms with Crippen molar-refractivity contribution >= 4 is 63.9 Å². The topological polar surface area (TPSA) is 70.2 Å². The number of hydrogen-bond acceptors (Lipinski definition) is 3. The lowest BCUT2D eigenvalue weighted by Gasteiger charge is -2.12. The van der Waals surface area contributed by atoms with Gasteiger partial charge in [-0.25, -0.2) is 0 Å². The molecule has 0 aromatic heterocycles. The van der Waals surface area contributed by atoms with E-state index >= 15 is 0 Å². The van der Waals surface area contributed by atoms with E-state index in [1.54, 1.807) is 24.3 Å². The average molecular weight is 407 g/mol. The molecule has 0 fully saturated rings. The van der Waals surface area contributed by atoms with Gasteiger partial charge in [-0.1, -0.05) is 58.5 Å². The summed E-state index contributed by atoms with van der Waals surface area (Å²) in [5.74, 6) is -0.962. The van der Waals surface area contributed by atoms with Crippen LogP contribution in [0.15, 0.2) is 36.4 Å². The maximum Gasteiger partial charge on any atom is 0.257 e. The van der Waals surface area contributed by atoms with Gasteiger partial charge >= 0.3 is 0 Å². The molecule has 0 saturated carbocycles. The standard InChI is InChI=1S/C15H11Cl4N3O2/c16-8-5-11(18)14(12(19)6-8)22-21-13(23)7-20-15(24)9-3-1-2-4-10(9)17/h1-6,22H,7H2,(H,20,24)(H,21,23). The highest BCUT2D eigenvalue weighted by Gasteiger charge is 2.12. The number of carbonyl (C=O) groups excluding carboxylic acids is 2. The van der Waals surface area contributed by atoms with Crippen LogP contribution in [0.2, 0.25) is 20.1 Å². The Balaban J connectivity index is 1.88. The van der Waals surface area contributed by atoms with Gasteiger partial charge in [0.15, 0.2) is 0 Å². The van der Waals surface area contributed by atoms with Crippen LogP contribution in [0.1, 0.15) is 10.4 Å². The highest BCUT2D eigenvalue weighted by molar-refractivity contribution is 6.41. The van der Waals surface area contributed by atoms with Gasteiger partial charge in [0, 0.05) is 5.02 Å². The molecule has 0 radical (unpaired) electrons. The third-order valence-electron chi connectivity index (χ3n) is 2.86. The fourth-order valence-electron chi connectivity index (χ4n) is 1.74. The molecule has 9 heteroatoms. The normalized spacial score (nSPS) is 10.2. The minimum atomic E-state index is -0.502. The molecule has 2 rings (SSSR count). The molecule has 0 saturated heterocycles. The van der Waals surface area contributed by atoms with Crippen molar-refractivity contribution in [2.24, 2.45) is 0 Å². The van der Waals surface area contributed by atoms with Crippen LogP contribution in [0.4, 0.5) is 5.69 Å². The third-order valence-corrected chi connectivity index (χ3v) is 4.01. The van der Waals surface area contributed by atoms with Crippen LogP contribution in [-0.2, 0) is 4.79 Å². The number of amides is 2. The molecule has 3 N–H and O–H groups in total. The van der Waals surface area contributed by atoms with Crippen molar-refractivity contribution in [3.63, 3.8) is 0 Å². The molecule has 2 aromatic rings. The summed E-state index contributed by atoms with van der Waals surface area (Å²) in [7, 11) is 0. The molecule has 0 aliphatic carbocycles. The second-order valence-electron chi connectivity index (χ2n) is 4.58. The lowest BCUT2D eigenvalue weighted by atomic mass is 10.2. The molecule has 126 valence electrons. The summed E-state index contributed by atoms with van der Waals surface area (Å²) >= 11 is 23.7. The molecular weight excluding hydrogens is 396 g/mol. The average Bonchev–Trinajstić information content (AvgIpc) is 2.52. The lowest BCUT2D eigenvalue weighted by Crippen LogP contribution is -2.39. The van der Waals surface area contributed by atoms with E-state index in [9.17, 15) is 9.59 Å². The third kappa shape index (κ3) is 4.92. The first-order chi connectivity index (χ1) is 11.4. The number of benzene rings is 2. The maximum atomic E-state index is 11.9. The van der Waals surface area contributed by atoms with Crippen LogP contribution in [0.5, 0.6) is 0 Å². The predicted octanol–water partition coefficient (Wildman–Crippen LogP) is 4.17. The quantitative estimate of drug-likeness (QED) is 0.652. The largest absolute Gasteiger partial charge is 0.343 e. The molecule has 0 spiro atoms. The van der Waals surface area contributed by atoms with E-state index in [1.165, 1.54) is 12.1 Å². The van der Waals surface area contributed by atoms with Gasteiger partial charge in [-0.05, 0) is 24.3 Å². The Morgan fingerprint density at radius 1 is 0.917 bits per heavy atom. The number of nitrogens with one attached hydrogen (secondary N) is 3. The molecule has 5 nitrogen and oxygen atoms in total. The first-order valence-electron chi connectivity index (χ1n) is 6.60. The van der Waals surface area contributed by atoms with Crippen LogP contribution < -0.4 is 16.2 Å². The second kappa shape index (κ2) is 8.44. The van der Waals surface area contributed by atoms with E-state index in [2.05, 4.69) is 16.2 Å². The number of hydrogen-bond donors (Lipinski definition) is 3. The number of carbonyl (C=O) groups is 2. The van der Waals surface area contributed by atoms with Crippen molar-refractivity contribution in [3.8, 4) is 0 Å². The monoisotopic (exact) mass is 405 g/mol. The van der Waals surface area contributed by atoms with Gasteiger partial charge in [0.2, 0.25) is 0 Å². The second-order valence-corrected chi connectivity index (χ2v) is 6.24. The van der Waals surface area contributed by atoms with Crippen molar-refractivity contribution in [1.29, 1.82) is 0 Å². The summed E-state index contributed by atoms with van der Waals surface area (Å²) in [5.41, 5.74) is 5.54. The van der Waals surface area contributed by atoms with E-state index in [-0.39, 0.29) is 22.2 Å². The van der Waals surface area contributed by atoms with Gasteiger partial charge in [0.05, 0.1) is 32.9 Å². The Kier molecular flexibility index (Phi) is 6.57.